The molecule has 2 rings (SSSR count). The molecule has 118 valence electrons. The maximum Gasteiger partial charge on any atom is 0.0612 e. The third-order valence-corrected chi connectivity index (χ3v) is 4.53. The molecule has 0 radical (unpaired) electrons. The molecule has 4 heteroatoms. The van der Waals surface area contributed by atoms with Crippen LogP contribution in [0.15, 0.2) is 36.4 Å². The zero-order valence-electron chi connectivity index (χ0n) is 13.4. The summed E-state index contributed by atoms with van der Waals surface area (Å²) in [5.74, 6) is 0. The first kappa shape index (κ1) is 17.0. The van der Waals surface area contributed by atoms with Crippen LogP contribution in [-0.4, -0.2) is 5.54 Å². The van der Waals surface area contributed by atoms with E-state index < -0.39 is 0 Å². The summed E-state index contributed by atoms with van der Waals surface area (Å²) in [5, 5.41) is 8.03. The fourth-order valence-electron chi connectivity index (χ4n) is 2.09. The molecule has 0 saturated carbocycles. The van der Waals surface area contributed by atoms with Gasteiger partial charge in [0.15, 0.2) is 0 Å². The maximum absolute atomic E-state index is 6.05. The minimum Gasteiger partial charge on any atom is -0.380 e. The molecule has 0 spiro atoms. The number of halogens is 2. The van der Waals surface area contributed by atoms with Gasteiger partial charge in [0.25, 0.3) is 0 Å². The molecule has 0 unspecified atom stereocenters. The van der Waals surface area contributed by atoms with Crippen molar-refractivity contribution in [3.05, 3.63) is 52.0 Å². The topological polar surface area (TPSA) is 24.1 Å². The molecule has 0 bridgehead atoms. The van der Waals surface area contributed by atoms with Gasteiger partial charge in [-0.3, -0.25) is 0 Å². The molecule has 0 aliphatic rings. The van der Waals surface area contributed by atoms with E-state index in [2.05, 4.69) is 56.5 Å². The van der Waals surface area contributed by atoms with E-state index in [-0.39, 0.29) is 5.54 Å². The zero-order chi connectivity index (χ0) is 16.3. The summed E-state index contributed by atoms with van der Waals surface area (Å²) in [7, 11) is 0. The van der Waals surface area contributed by atoms with Gasteiger partial charge in [-0.1, -0.05) is 30.1 Å². The standard InChI is InChI=1S/C18H22Cl2N2/c1-5-18(3,4)22-14-7-9-17(12(2)10-14)21-13-6-8-15(19)16(20)11-13/h6-11,21-22H,5H2,1-4H3. The van der Waals surface area contributed by atoms with Crippen molar-refractivity contribution in [2.24, 2.45) is 0 Å². The van der Waals surface area contributed by atoms with Crippen molar-refractivity contribution in [1.82, 2.24) is 0 Å². The predicted octanol–water partition coefficient (Wildman–Crippen LogP) is 6.65. The normalized spacial score (nSPS) is 11.4. The van der Waals surface area contributed by atoms with Gasteiger partial charge in [-0.05, 0) is 69.2 Å². The summed E-state index contributed by atoms with van der Waals surface area (Å²) >= 11 is 12.0. The van der Waals surface area contributed by atoms with Gasteiger partial charge in [0, 0.05) is 22.6 Å². The van der Waals surface area contributed by atoms with Crippen molar-refractivity contribution in [2.75, 3.05) is 10.6 Å². The minimum absolute atomic E-state index is 0.0884. The molecular weight excluding hydrogens is 315 g/mol. The van der Waals surface area contributed by atoms with Gasteiger partial charge in [-0.2, -0.15) is 0 Å². The van der Waals surface area contributed by atoms with E-state index in [1.54, 1.807) is 6.07 Å². The Balaban J connectivity index is 2.17. The molecule has 22 heavy (non-hydrogen) atoms. The maximum atomic E-state index is 6.05. The molecule has 2 aromatic rings. The Morgan fingerprint density at radius 1 is 0.955 bits per heavy atom. The lowest BCUT2D eigenvalue weighted by Gasteiger charge is -2.26. The summed E-state index contributed by atoms with van der Waals surface area (Å²) < 4.78 is 0. The van der Waals surface area contributed by atoms with E-state index in [4.69, 9.17) is 23.2 Å². The van der Waals surface area contributed by atoms with Crippen molar-refractivity contribution in [3.8, 4) is 0 Å². The molecule has 0 aliphatic heterocycles. The van der Waals surface area contributed by atoms with Crippen LogP contribution >= 0.6 is 23.2 Å². The van der Waals surface area contributed by atoms with Gasteiger partial charge < -0.3 is 10.6 Å². The van der Waals surface area contributed by atoms with Crippen LogP contribution in [0.3, 0.4) is 0 Å². The van der Waals surface area contributed by atoms with Gasteiger partial charge in [0.2, 0.25) is 0 Å². The van der Waals surface area contributed by atoms with Gasteiger partial charge >= 0.3 is 0 Å². The lowest BCUT2D eigenvalue weighted by molar-refractivity contribution is 0.547. The molecule has 0 saturated heterocycles. The molecule has 2 N–H and O–H groups in total. The van der Waals surface area contributed by atoms with Crippen molar-refractivity contribution in [1.29, 1.82) is 0 Å². The zero-order valence-corrected chi connectivity index (χ0v) is 14.9. The van der Waals surface area contributed by atoms with Crippen LogP contribution in [0.5, 0.6) is 0 Å². The number of nitrogens with one attached hydrogen (secondary N) is 2. The lowest BCUT2D eigenvalue weighted by atomic mass is 10.0. The van der Waals surface area contributed by atoms with Crippen LogP contribution in [0.4, 0.5) is 17.1 Å². The lowest BCUT2D eigenvalue weighted by Crippen LogP contribution is -2.29. The predicted molar refractivity (Wildman–Crippen MR) is 98.9 cm³/mol. The fraction of sp³-hybridized carbons (Fsp3) is 0.333. The third-order valence-electron chi connectivity index (χ3n) is 3.79. The number of benzene rings is 2. The van der Waals surface area contributed by atoms with E-state index in [1.807, 2.05) is 12.1 Å². The molecule has 0 aromatic heterocycles. The number of aryl methyl sites for hydroxylation is 1. The fourth-order valence-corrected chi connectivity index (χ4v) is 2.39. The van der Waals surface area contributed by atoms with Crippen molar-refractivity contribution in [3.63, 3.8) is 0 Å². The summed E-state index contributed by atoms with van der Waals surface area (Å²) in [6, 6.07) is 11.9. The SMILES string of the molecule is CCC(C)(C)Nc1ccc(Nc2ccc(Cl)c(Cl)c2)c(C)c1. The molecule has 0 atom stereocenters. The summed E-state index contributed by atoms with van der Waals surface area (Å²) in [5.41, 5.74) is 4.36. The first-order valence-corrected chi connectivity index (χ1v) is 8.17. The van der Waals surface area contributed by atoms with Gasteiger partial charge in [0.05, 0.1) is 10.0 Å². The van der Waals surface area contributed by atoms with Gasteiger partial charge in [-0.25, -0.2) is 0 Å². The molecule has 0 aliphatic carbocycles. The van der Waals surface area contributed by atoms with Crippen LogP contribution in [0.1, 0.15) is 32.8 Å². The third kappa shape index (κ3) is 4.31. The first-order chi connectivity index (χ1) is 10.3. The molecule has 2 nitrogen and oxygen atoms in total. The molecule has 0 heterocycles. The number of rotatable bonds is 5. The Kier molecular flexibility index (Phi) is 5.25. The molecule has 0 amide bonds. The van der Waals surface area contributed by atoms with Crippen LogP contribution in [0, 0.1) is 6.92 Å². The number of hydrogen-bond donors (Lipinski definition) is 2. The Morgan fingerprint density at radius 3 is 2.23 bits per heavy atom. The Labute approximate surface area is 142 Å². The van der Waals surface area contributed by atoms with Crippen LogP contribution in [-0.2, 0) is 0 Å². The van der Waals surface area contributed by atoms with Gasteiger partial charge in [-0.15, -0.1) is 0 Å². The smallest absolute Gasteiger partial charge is 0.0612 e. The van der Waals surface area contributed by atoms with E-state index in [0.29, 0.717) is 10.0 Å². The Hall–Kier alpha value is -1.38. The average Bonchev–Trinajstić information content (AvgIpc) is 2.45. The summed E-state index contributed by atoms with van der Waals surface area (Å²) in [6.07, 6.45) is 1.06. The van der Waals surface area contributed by atoms with E-state index in [0.717, 1.165) is 23.5 Å². The van der Waals surface area contributed by atoms with E-state index >= 15 is 0 Å². The van der Waals surface area contributed by atoms with Crippen LogP contribution in [0.2, 0.25) is 10.0 Å². The number of anilines is 3. The Bertz CT molecular complexity index is 666. The average molecular weight is 337 g/mol. The van der Waals surface area contributed by atoms with Crippen LogP contribution < -0.4 is 10.6 Å². The minimum atomic E-state index is 0.0884. The summed E-state index contributed by atoms with van der Waals surface area (Å²) in [4.78, 5) is 0. The molecular formula is C18H22Cl2N2. The Morgan fingerprint density at radius 2 is 1.64 bits per heavy atom. The first-order valence-electron chi connectivity index (χ1n) is 7.41. The highest BCUT2D eigenvalue weighted by Gasteiger charge is 2.14. The highest BCUT2D eigenvalue weighted by molar-refractivity contribution is 6.42. The van der Waals surface area contributed by atoms with E-state index in [9.17, 15) is 0 Å². The van der Waals surface area contributed by atoms with E-state index in [1.165, 1.54) is 5.56 Å². The van der Waals surface area contributed by atoms with Gasteiger partial charge in [0.1, 0.15) is 0 Å². The molecule has 2 aromatic carbocycles. The second kappa shape index (κ2) is 6.80. The quantitative estimate of drug-likeness (QED) is 0.638. The van der Waals surface area contributed by atoms with Crippen molar-refractivity contribution >= 4 is 40.3 Å². The summed E-state index contributed by atoms with van der Waals surface area (Å²) in [6.45, 7) is 8.67. The highest BCUT2D eigenvalue weighted by Crippen LogP contribution is 2.29. The second-order valence-electron chi connectivity index (χ2n) is 6.15. The van der Waals surface area contributed by atoms with Crippen molar-refractivity contribution in [2.45, 2.75) is 39.7 Å². The highest BCUT2D eigenvalue weighted by atomic mass is 35.5. The largest absolute Gasteiger partial charge is 0.380 e. The van der Waals surface area contributed by atoms with Crippen LogP contribution in [0.25, 0.3) is 0 Å². The molecule has 0 fully saturated rings. The number of hydrogen-bond acceptors (Lipinski definition) is 2. The van der Waals surface area contributed by atoms with Crippen molar-refractivity contribution < 1.29 is 0 Å². The second-order valence-corrected chi connectivity index (χ2v) is 6.96. The monoisotopic (exact) mass is 336 g/mol.